The lowest BCUT2D eigenvalue weighted by molar-refractivity contribution is 0.0351. The van der Waals surface area contributed by atoms with Crippen LogP contribution in [-0.2, 0) is 0 Å². The molecule has 1 aliphatic heterocycles. The van der Waals surface area contributed by atoms with E-state index in [-0.39, 0.29) is 17.6 Å². The van der Waals surface area contributed by atoms with Gasteiger partial charge in [0.05, 0.1) is 7.11 Å². The molecular weight excluding hydrogens is 269 g/mol. The van der Waals surface area contributed by atoms with Gasteiger partial charge in [0, 0.05) is 37.8 Å². The molecule has 1 fully saturated rings. The van der Waals surface area contributed by atoms with Gasteiger partial charge in [0.15, 0.2) is 11.6 Å². The summed E-state index contributed by atoms with van der Waals surface area (Å²) in [6.07, 6.45) is 0. The summed E-state index contributed by atoms with van der Waals surface area (Å²) < 4.78 is 18.9. The van der Waals surface area contributed by atoms with Crippen molar-refractivity contribution >= 4 is 0 Å². The van der Waals surface area contributed by atoms with Crippen molar-refractivity contribution in [2.24, 2.45) is 5.73 Å². The maximum atomic E-state index is 13.9. The maximum Gasteiger partial charge on any atom is 0.165 e. The predicted octanol–water partition coefficient (Wildman–Crippen LogP) is 1.86. The number of methoxy groups -OCH3 is 1. The van der Waals surface area contributed by atoms with Gasteiger partial charge in [0.2, 0.25) is 0 Å². The minimum atomic E-state index is -0.330. The van der Waals surface area contributed by atoms with Crippen LogP contribution in [0.15, 0.2) is 18.2 Å². The first-order valence-electron chi connectivity index (χ1n) is 7.47. The molecule has 1 aliphatic rings. The largest absolute Gasteiger partial charge is 0.494 e. The molecule has 0 saturated carbocycles. The summed E-state index contributed by atoms with van der Waals surface area (Å²) >= 11 is 0. The topological polar surface area (TPSA) is 41.7 Å². The fourth-order valence-electron chi connectivity index (χ4n) is 3.09. The lowest BCUT2D eigenvalue weighted by Gasteiger charge is -2.45. The van der Waals surface area contributed by atoms with Crippen molar-refractivity contribution in [2.75, 3.05) is 33.8 Å². The third-order valence-corrected chi connectivity index (χ3v) is 4.61. The lowest BCUT2D eigenvalue weighted by atomic mass is 10.0. The molecule has 118 valence electrons. The standard InChI is InChI=1S/C16H26FN3O/c1-11-9-20(10-12(2)19(11)3)15(8-18)13-5-6-16(21-4)14(17)7-13/h5-7,11-12,15H,8-10,18H2,1-4H3. The Bertz CT molecular complexity index is 471. The van der Waals surface area contributed by atoms with Crippen molar-refractivity contribution in [1.29, 1.82) is 0 Å². The second-order valence-electron chi connectivity index (χ2n) is 5.96. The molecule has 0 aliphatic carbocycles. The van der Waals surface area contributed by atoms with E-state index in [2.05, 4.69) is 30.7 Å². The molecule has 2 rings (SSSR count). The molecule has 3 atom stereocenters. The van der Waals surface area contributed by atoms with Crippen LogP contribution in [0.1, 0.15) is 25.5 Å². The lowest BCUT2D eigenvalue weighted by Crippen LogP contribution is -2.56. The van der Waals surface area contributed by atoms with E-state index in [1.54, 1.807) is 12.1 Å². The van der Waals surface area contributed by atoms with Gasteiger partial charge in [0.25, 0.3) is 0 Å². The first kappa shape index (κ1) is 16.2. The Morgan fingerprint density at radius 1 is 1.33 bits per heavy atom. The van der Waals surface area contributed by atoms with Crippen LogP contribution in [-0.4, -0.2) is 55.7 Å². The van der Waals surface area contributed by atoms with Crippen LogP contribution in [0.5, 0.6) is 5.75 Å². The van der Waals surface area contributed by atoms with E-state index in [0.717, 1.165) is 18.7 Å². The van der Waals surface area contributed by atoms with Gasteiger partial charge in [-0.1, -0.05) is 6.07 Å². The van der Waals surface area contributed by atoms with Crippen LogP contribution in [0.25, 0.3) is 0 Å². The van der Waals surface area contributed by atoms with Crippen LogP contribution in [0.3, 0.4) is 0 Å². The second kappa shape index (κ2) is 6.73. The summed E-state index contributed by atoms with van der Waals surface area (Å²) in [5.41, 5.74) is 6.89. The van der Waals surface area contributed by atoms with E-state index in [0.29, 0.717) is 18.6 Å². The van der Waals surface area contributed by atoms with Crippen molar-refractivity contribution < 1.29 is 9.13 Å². The highest BCUT2D eigenvalue weighted by molar-refractivity contribution is 5.31. The Kier molecular flexibility index (Phi) is 5.19. The molecular formula is C16H26FN3O. The Hall–Kier alpha value is -1.17. The molecule has 0 bridgehead atoms. The van der Waals surface area contributed by atoms with Gasteiger partial charge in [-0.05, 0) is 38.6 Å². The van der Waals surface area contributed by atoms with Crippen molar-refractivity contribution in [2.45, 2.75) is 32.0 Å². The van der Waals surface area contributed by atoms with Crippen LogP contribution in [0.4, 0.5) is 4.39 Å². The van der Waals surface area contributed by atoms with Gasteiger partial charge in [-0.25, -0.2) is 4.39 Å². The van der Waals surface area contributed by atoms with Crippen LogP contribution in [0.2, 0.25) is 0 Å². The number of nitrogens with zero attached hydrogens (tertiary/aromatic N) is 2. The van der Waals surface area contributed by atoms with Crippen LogP contribution < -0.4 is 10.5 Å². The third kappa shape index (κ3) is 3.36. The number of benzene rings is 1. The summed E-state index contributed by atoms with van der Waals surface area (Å²) in [6, 6.07) is 6.11. The zero-order chi connectivity index (χ0) is 15.6. The zero-order valence-electron chi connectivity index (χ0n) is 13.3. The van der Waals surface area contributed by atoms with E-state index >= 15 is 0 Å². The monoisotopic (exact) mass is 295 g/mol. The summed E-state index contributed by atoms with van der Waals surface area (Å²) in [6.45, 7) is 6.79. The minimum Gasteiger partial charge on any atom is -0.494 e. The third-order valence-electron chi connectivity index (χ3n) is 4.61. The number of piperazine rings is 1. The molecule has 0 aromatic heterocycles. The fraction of sp³-hybridized carbons (Fsp3) is 0.625. The van der Waals surface area contributed by atoms with E-state index in [4.69, 9.17) is 10.5 Å². The average Bonchev–Trinajstić information content (AvgIpc) is 2.45. The van der Waals surface area contributed by atoms with Crippen LogP contribution >= 0.6 is 0 Å². The van der Waals surface area contributed by atoms with E-state index in [1.807, 2.05) is 6.07 Å². The molecule has 21 heavy (non-hydrogen) atoms. The summed E-state index contributed by atoms with van der Waals surface area (Å²) in [5.74, 6) is -0.0571. The molecule has 0 spiro atoms. The number of rotatable bonds is 4. The first-order valence-corrected chi connectivity index (χ1v) is 7.47. The van der Waals surface area contributed by atoms with Crippen molar-refractivity contribution in [3.05, 3.63) is 29.6 Å². The number of halogens is 1. The summed E-state index contributed by atoms with van der Waals surface area (Å²) in [7, 11) is 3.62. The molecule has 4 nitrogen and oxygen atoms in total. The SMILES string of the molecule is COc1ccc(C(CN)N2CC(C)N(C)C(C)C2)cc1F. The van der Waals surface area contributed by atoms with E-state index in [9.17, 15) is 4.39 Å². The second-order valence-corrected chi connectivity index (χ2v) is 5.96. The normalized spacial score (nSPS) is 25.8. The fourth-order valence-corrected chi connectivity index (χ4v) is 3.09. The molecule has 1 heterocycles. The first-order chi connectivity index (χ1) is 9.97. The summed E-state index contributed by atoms with van der Waals surface area (Å²) in [4.78, 5) is 4.73. The van der Waals surface area contributed by atoms with Crippen LogP contribution in [0, 0.1) is 5.82 Å². The van der Waals surface area contributed by atoms with Gasteiger partial charge in [-0.3, -0.25) is 9.80 Å². The molecule has 2 N–H and O–H groups in total. The zero-order valence-corrected chi connectivity index (χ0v) is 13.3. The summed E-state index contributed by atoms with van der Waals surface area (Å²) in [5, 5.41) is 0. The smallest absolute Gasteiger partial charge is 0.165 e. The van der Waals surface area contributed by atoms with Gasteiger partial charge in [-0.2, -0.15) is 0 Å². The highest BCUT2D eigenvalue weighted by Gasteiger charge is 2.31. The van der Waals surface area contributed by atoms with Crippen molar-refractivity contribution in [3.8, 4) is 5.75 Å². The van der Waals surface area contributed by atoms with Crippen molar-refractivity contribution in [1.82, 2.24) is 9.80 Å². The molecule has 5 heteroatoms. The van der Waals surface area contributed by atoms with Crippen molar-refractivity contribution in [3.63, 3.8) is 0 Å². The molecule has 1 saturated heterocycles. The van der Waals surface area contributed by atoms with Gasteiger partial charge >= 0.3 is 0 Å². The van der Waals surface area contributed by atoms with Gasteiger partial charge in [0.1, 0.15) is 0 Å². The number of hydrogen-bond acceptors (Lipinski definition) is 4. The Morgan fingerprint density at radius 3 is 2.43 bits per heavy atom. The average molecular weight is 295 g/mol. The van der Waals surface area contributed by atoms with E-state index < -0.39 is 0 Å². The van der Waals surface area contributed by atoms with Gasteiger partial charge < -0.3 is 10.5 Å². The Labute approximate surface area is 126 Å². The molecule has 0 amide bonds. The molecule has 3 unspecified atom stereocenters. The highest BCUT2D eigenvalue weighted by Crippen LogP contribution is 2.28. The number of hydrogen-bond donors (Lipinski definition) is 1. The molecule has 0 radical (unpaired) electrons. The highest BCUT2D eigenvalue weighted by atomic mass is 19.1. The number of ether oxygens (including phenoxy) is 1. The van der Waals surface area contributed by atoms with E-state index in [1.165, 1.54) is 7.11 Å². The number of nitrogens with two attached hydrogens (primary N) is 1. The molecule has 1 aromatic carbocycles. The Morgan fingerprint density at radius 2 is 1.95 bits per heavy atom. The maximum absolute atomic E-state index is 13.9. The quantitative estimate of drug-likeness (QED) is 0.920. The number of likely N-dealkylation sites (N-methyl/N-ethyl adjacent to an activating group) is 1. The van der Waals surface area contributed by atoms with Gasteiger partial charge in [-0.15, -0.1) is 0 Å². The molecule has 1 aromatic rings. The Balaban J connectivity index is 2.21. The minimum absolute atomic E-state index is 0.0454. The predicted molar refractivity (Wildman–Crippen MR) is 83.0 cm³/mol.